The minimum atomic E-state index is 0.709. The lowest BCUT2D eigenvalue weighted by atomic mass is 10.0. The lowest BCUT2D eigenvalue weighted by Crippen LogP contribution is -2.40. The Kier molecular flexibility index (Phi) is 4.32. The second kappa shape index (κ2) is 5.75. The monoisotopic (exact) mass is 283 g/mol. The number of pyridine rings is 1. The predicted octanol–water partition coefficient (Wildman–Crippen LogP) is 2.03. The van der Waals surface area contributed by atoms with Crippen molar-refractivity contribution in [1.29, 1.82) is 0 Å². The van der Waals surface area contributed by atoms with Crippen LogP contribution in [0.3, 0.4) is 0 Å². The maximum absolute atomic E-state index is 4.15. The highest BCUT2D eigenvalue weighted by molar-refractivity contribution is 9.10. The minimum absolute atomic E-state index is 0.709. The standard InChI is InChI=1S/C12H18BrN3/c1-14-11-3-6-16(7-4-11)9-10-2-5-15-12(13)8-10/h2,5,8,11,14H,3-4,6-7,9H2,1H3. The number of rotatable bonds is 3. The van der Waals surface area contributed by atoms with E-state index in [0.29, 0.717) is 6.04 Å². The smallest absolute Gasteiger partial charge is 0.106 e. The number of hydrogen-bond donors (Lipinski definition) is 1. The van der Waals surface area contributed by atoms with Crippen molar-refractivity contribution in [2.24, 2.45) is 0 Å². The van der Waals surface area contributed by atoms with Crippen molar-refractivity contribution in [1.82, 2.24) is 15.2 Å². The Morgan fingerprint density at radius 1 is 1.50 bits per heavy atom. The number of nitrogens with zero attached hydrogens (tertiary/aromatic N) is 2. The highest BCUT2D eigenvalue weighted by atomic mass is 79.9. The van der Waals surface area contributed by atoms with E-state index in [1.54, 1.807) is 0 Å². The largest absolute Gasteiger partial charge is 0.317 e. The normalized spacial score (nSPS) is 18.9. The van der Waals surface area contributed by atoms with Gasteiger partial charge in [-0.15, -0.1) is 0 Å². The van der Waals surface area contributed by atoms with Crippen LogP contribution in [0.4, 0.5) is 0 Å². The molecule has 3 nitrogen and oxygen atoms in total. The molecular formula is C12H18BrN3. The molecule has 1 aromatic rings. The zero-order chi connectivity index (χ0) is 11.4. The van der Waals surface area contributed by atoms with E-state index in [0.717, 1.165) is 11.1 Å². The van der Waals surface area contributed by atoms with Crippen LogP contribution < -0.4 is 5.32 Å². The van der Waals surface area contributed by atoms with Crippen LogP contribution in [0, 0.1) is 0 Å². The third kappa shape index (κ3) is 3.27. The Morgan fingerprint density at radius 2 is 2.25 bits per heavy atom. The summed E-state index contributed by atoms with van der Waals surface area (Å²) < 4.78 is 0.926. The number of aromatic nitrogens is 1. The first-order chi connectivity index (χ1) is 7.78. The van der Waals surface area contributed by atoms with Crippen LogP contribution in [0.5, 0.6) is 0 Å². The van der Waals surface area contributed by atoms with Crippen LogP contribution in [0.15, 0.2) is 22.9 Å². The molecule has 1 fully saturated rings. The van der Waals surface area contributed by atoms with Crippen LogP contribution in [-0.4, -0.2) is 36.1 Å². The molecule has 1 saturated heterocycles. The summed E-state index contributed by atoms with van der Waals surface area (Å²) in [6.45, 7) is 3.41. The van der Waals surface area contributed by atoms with Gasteiger partial charge < -0.3 is 5.32 Å². The molecule has 0 bridgehead atoms. The van der Waals surface area contributed by atoms with Gasteiger partial charge in [0.05, 0.1) is 0 Å². The van der Waals surface area contributed by atoms with Gasteiger partial charge in [-0.3, -0.25) is 4.90 Å². The van der Waals surface area contributed by atoms with Gasteiger partial charge in [-0.2, -0.15) is 0 Å². The van der Waals surface area contributed by atoms with Crippen molar-refractivity contribution in [3.05, 3.63) is 28.5 Å². The Labute approximate surface area is 105 Å². The van der Waals surface area contributed by atoms with E-state index in [2.05, 4.69) is 50.3 Å². The maximum atomic E-state index is 4.15. The topological polar surface area (TPSA) is 28.2 Å². The minimum Gasteiger partial charge on any atom is -0.317 e. The molecule has 0 aromatic carbocycles. The van der Waals surface area contributed by atoms with Gasteiger partial charge in [-0.25, -0.2) is 4.98 Å². The molecule has 88 valence electrons. The van der Waals surface area contributed by atoms with E-state index < -0.39 is 0 Å². The maximum Gasteiger partial charge on any atom is 0.106 e. The lowest BCUT2D eigenvalue weighted by molar-refractivity contribution is 0.194. The molecule has 1 N–H and O–H groups in total. The van der Waals surface area contributed by atoms with Gasteiger partial charge in [0.2, 0.25) is 0 Å². The van der Waals surface area contributed by atoms with Gasteiger partial charge in [0.25, 0.3) is 0 Å². The summed E-state index contributed by atoms with van der Waals surface area (Å²) in [6.07, 6.45) is 4.37. The number of halogens is 1. The average Bonchev–Trinajstić information content (AvgIpc) is 2.30. The summed E-state index contributed by atoms with van der Waals surface area (Å²) in [5.74, 6) is 0. The molecule has 4 heteroatoms. The highest BCUT2D eigenvalue weighted by Crippen LogP contribution is 2.15. The molecule has 1 aromatic heterocycles. The first-order valence-corrected chi connectivity index (χ1v) is 6.57. The van der Waals surface area contributed by atoms with Gasteiger partial charge in [-0.05, 0) is 66.6 Å². The van der Waals surface area contributed by atoms with Crippen LogP contribution in [0.25, 0.3) is 0 Å². The Balaban J connectivity index is 1.87. The van der Waals surface area contributed by atoms with E-state index in [9.17, 15) is 0 Å². The molecule has 0 saturated carbocycles. The molecule has 0 aliphatic carbocycles. The van der Waals surface area contributed by atoms with Gasteiger partial charge in [0.15, 0.2) is 0 Å². The number of piperidine rings is 1. The third-order valence-electron chi connectivity index (χ3n) is 3.19. The summed E-state index contributed by atoms with van der Waals surface area (Å²) in [5.41, 5.74) is 1.34. The van der Waals surface area contributed by atoms with Crippen molar-refractivity contribution >= 4 is 15.9 Å². The molecule has 0 atom stereocenters. The molecule has 16 heavy (non-hydrogen) atoms. The summed E-state index contributed by atoms with van der Waals surface area (Å²) in [6, 6.07) is 4.90. The molecule has 0 unspecified atom stereocenters. The predicted molar refractivity (Wildman–Crippen MR) is 69.3 cm³/mol. The SMILES string of the molecule is CNC1CCN(Cc2ccnc(Br)c2)CC1. The van der Waals surface area contributed by atoms with Gasteiger partial charge in [-0.1, -0.05) is 0 Å². The summed E-state index contributed by atoms with van der Waals surface area (Å²) in [5, 5.41) is 3.35. The number of nitrogens with one attached hydrogen (secondary N) is 1. The molecule has 0 spiro atoms. The van der Waals surface area contributed by atoms with E-state index >= 15 is 0 Å². The van der Waals surface area contributed by atoms with Crippen molar-refractivity contribution < 1.29 is 0 Å². The first-order valence-electron chi connectivity index (χ1n) is 5.78. The van der Waals surface area contributed by atoms with Crippen LogP contribution >= 0.6 is 15.9 Å². The Hall–Kier alpha value is -0.450. The highest BCUT2D eigenvalue weighted by Gasteiger charge is 2.17. The zero-order valence-electron chi connectivity index (χ0n) is 9.62. The van der Waals surface area contributed by atoms with E-state index in [1.165, 1.54) is 31.5 Å². The molecule has 0 radical (unpaired) electrons. The van der Waals surface area contributed by atoms with Gasteiger partial charge in [0.1, 0.15) is 4.60 Å². The molecule has 1 aliphatic rings. The quantitative estimate of drug-likeness (QED) is 0.861. The fraction of sp³-hybridized carbons (Fsp3) is 0.583. The van der Waals surface area contributed by atoms with Gasteiger partial charge >= 0.3 is 0 Å². The fourth-order valence-electron chi connectivity index (χ4n) is 2.18. The van der Waals surface area contributed by atoms with Gasteiger partial charge in [0, 0.05) is 18.8 Å². The fourth-order valence-corrected chi connectivity index (χ4v) is 2.59. The Bertz CT molecular complexity index is 335. The molecule has 2 heterocycles. The second-order valence-electron chi connectivity index (χ2n) is 4.33. The lowest BCUT2D eigenvalue weighted by Gasteiger charge is -2.31. The van der Waals surface area contributed by atoms with Crippen LogP contribution in [0.2, 0.25) is 0 Å². The summed E-state index contributed by atoms with van der Waals surface area (Å²) in [7, 11) is 2.06. The molecule has 1 aliphatic heterocycles. The van der Waals surface area contributed by atoms with E-state index in [-0.39, 0.29) is 0 Å². The number of likely N-dealkylation sites (tertiary alicyclic amines) is 1. The van der Waals surface area contributed by atoms with E-state index in [1.807, 2.05) is 6.20 Å². The van der Waals surface area contributed by atoms with Crippen molar-refractivity contribution in [2.45, 2.75) is 25.4 Å². The molecule has 2 rings (SSSR count). The Morgan fingerprint density at radius 3 is 2.88 bits per heavy atom. The zero-order valence-corrected chi connectivity index (χ0v) is 11.2. The second-order valence-corrected chi connectivity index (χ2v) is 5.14. The van der Waals surface area contributed by atoms with Crippen LogP contribution in [-0.2, 0) is 6.54 Å². The molecular weight excluding hydrogens is 266 g/mol. The van der Waals surface area contributed by atoms with Crippen molar-refractivity contribution in [2.75, 3.05) is 20.1 Å². The van der Waals surface area contributed by atoms with E-state index in [4.69, 9.17) is 0 Å². The first kappa shape index (κ1) is 12.0. The summed E-state index contributed by atoms with van der Waals surface area (Å²) in [4.78, 5) is 6.66. The third-order valence-corrected chi connectivity index (χ3v) is 3.63. The van der Waals surface area contributed by atoms with Crippen molar-refractivity contribution in [3.63, 3.8) is 0 Å². The average molecular weight is 284 g/mol. The van der Waals surface area contributed by atoms with Crippen LogP contribution in [0.1, 0.15) is 18.4 Å². The summed E-state index contributed by atoms with van der Waals surface area (Å²) >= 11 is 3.41. The number of hydrogen-bond acceptors (Lipinski definition) is 3. The van der Waals surface area contributed by atoms with Crippen molar-refractivity contribution in [3.8, 4) is 0 Å². The molecule has 0 amide bonds.